The maximum atomic E-state index is 12.0. The Morgan fingerprint density at radius 3 is 2.78 bits per heavy atom. The molecular formula is C11H16N2O5. The van der Waals surface area contributed by atoms with Gasteiger partial charge in [0.15, 0.2) is 5.71 Å². The molecule has 0 aromatic heterocycles. The molecule has 0 aromatic rings. The molecule has 7 nitrogen and oxygen atoms in total. The van der Waals surface area contributed by atoms with E-state index in [1.165, 1.54) is 4.90 Å². The van der Waals surface area contributed by atoms with Crippen molar-refractivity contribution in [3.8, 4) is 0 Å². The van der Waals surface area contributed by atoms with E-state index in [-0.39, 0.29) is 30.5 Å². The van der Waals surface area contributed by atoms with Crippen molar-refractivity contribution in [2.24, 2.45) is 11.1 Å². The van der Waals surface area contributed by atoms with Crippen molar-refractivity contribution >= 4 is 17.6 Å². The fourth-order valence-corrected chi connectivity index (χ4v) is 2.09. The molecule has 2 N–H and O–H groups in total. The van der Waals surface area contributed by atoms with Gasteiger partial charge in [0.05, 0.1) is 6.10 Å². The Morgan fingerprint density at radius 2 is 2.22 bits per heavy atom. The van der Waals surface area contributed by atoms with E-state index >= 15 is 0 Å². The van der Waals surface area contributed by atoms with E-state index in [0.717, 1.165) is 6.42 Å². The lowest BCUT2D eigenvalue weighted by Crippen LogP contribution is -2.49. The summed E-state index contributed by atoms with van der Waals surface area (Å²) in [7, 11) is 0. The number of carbonyl (C=O) groups excluding carboxylic acids is 1. The lowest BCUT2D eigenvalue weighted by Gasteiger charge is -2.35. The summed E-state index contributed by atoms with van der Waals surface area (Å²) >= 11 is 0. The summed E-state index contributed by atoms with van der Waals surface area (Å²) < 4.78 is 0. The number of amides is 1. The standard InChI is InChI=1S/C11H16N2O5/c1-6-2-3-13(5-8(6)14)10(15)9-4-7(11(16)17)12-18-9/h6,8-9,14H,2-5H2,1H3,(H,16,17). The highest BCUT2D eigenvalue weighted by Crippen LogP contribution is 2.20. The fourth-order valence-electron chi connectivity index (χ4n) is 2.09. The number of carboxylic acids is 1. The first-order chi connectivity index (χ1) is 8.49. The molecule has 1 fully saturated rings. The van der Waals surface area contributed by atoms with Crippen LogP contribution in [0.5, 0.6) is 0 Å². The Hall–Kier alpha value is -1.63. The zero-order chi connectivity index (χ0) is 13.3. The monoisotopic (exact) mass is 256 g/mol. The van der Waals surface area contributed by atoms with Crippen LogP contribution in [0.3, 0.4) is 0 Å². The summed E-state index contributed by atoms with van der Waals surface area (Å²) in [6, 6.07) is 0. The third-order valence-electron chi connectivity index (χ3n) is 3.42. The molecular weight excluding hydrogens is 240 g/mol. The summed E-state index contributed by atoms with van der Waals surface area (Å²) in [6.07, 6.45) is -0.691. The van der Waals surface area contributed by atoms with Crippen molar-refractivity contribution in [1.29, 1.82) is 0 Å². The average Bonchev–Trinajstić information content (AvgIpc) is 2.81. The molecule has 2 heterocycles. The van der Waals surface area contributed by atoms with Crippen molar-refractivity contribution in [2.45, 2.75) is 32.0 Å². The van der Waals surface area contributed by atoms with Crippen LogP contribution in [0.2, 0.25) is 0 Å². The third-order valence-corrected chi connectivity index (χ3v) is 3.42. The number of nitrogens with zero attached hydrogens (tertiary/aromatic N) is 2. The van der Waals surface area contributed by atoms with Gasteiger partial charge in [-0.05, 0) is 12.3 Å². The summed E-state index contributed by atoms with van der Waals surface area (Å²) in [5.41, 5.74) is -0.140. The Bertz CT molecular complexity index is 395. The largest absolute Gasteiger partial charge is 0.477 e. The van der Waals surface area contributed by atoms with Crippen LogP contribution in [0.25, 0.3) is 0 Å². The first-order valence-corrected chi connectivity index (χ1v) is 5.92. The fraction of sp³-hybridized carbons (Fsp3) is 0.727. The predicted molar refractivity (Wildman–Crippen MR) is 60.9 cm³/mol. The van der Waals surface area contributed by atoms with Gasteiger partial charge >= 0.3 is 5.97 Å². The molecule has 3 atom stereocenters. The summed E-state index contributed by atoms with van der Waals surface area (Å²) in [4.78, 5) is 29.1. The number of carboxylic acid groups (broad SMARTS) is 1. The smallest absolute Gasteiger partial charge is 0.353 e. The SMILES string of the molecule is CC1CCN(C(=O)C2CC(C(=O)O)=NO2)CC1O. The van der Waals surface area contributed by atoms with E-state index in [2.05, 4.69) is 5.16 Å². The van der Waals surface area contributed by atoms with Crippen molar-refractivity contribution < 1.29 is 24.6 Å². The van der Waals surface area contributed by atoms with Gasteiger partial charge in [-0.2, -0.15) is 0 Å². The van der Waals surface area contributed by atoms with Crippen molar-refractivity contribution in [2.75, 3.05) is 13.1 Å². The second-order valence-electron chi connectivity index (χ2n) is 4.76. The van der Waals surface area contributed by atoms with Gasteiger partial charge in [0.25, 0.3) is 5.91 Å². The first kappa shape index (κ1) is 12.8. The Kier molecular flexibility index (Phi) is 3.51. The van der Waals surface area contributed by atoms with Crippen LogP contribution in [-0.2, 0) is 14.4 Å². The Balaban J connectivity index is 1.92. The van der Waals surface area contributed by atoms with E-state index in [1.54, 1.807) is 0 Å². The van der Waals surface area contributed by atoms with E-state index < -0.39 is 18.2 Å². The van der Waals surface area contributed by atoms with E-state index in [4.69, 9.17) is 9.94 Å². The molecule has 0 aliphatic carbocycles. The normalized spacial score (nSPS) is 31.8. The second-order valence-corrected chi connectivity index (χ2v) is 4.76. The second kappa shape index (κ2) is 4.93. The minimum atomic E-state index is -1.17. The topological polar surface area (TPSA) is 99.4 Å². The average molecular weight is 256 g/mol. The van der Waals surface area contributed by atoms with Crippen LogP contribution in [0, 0.1) is 5.92 Å². The molecule has 1 amide bonds. The number of aliphatic hydroxyl groups excluding tert-OH is 1. The van der Waals surface area contributed by atoms with Crippen LogP contribution in [0.15, 0.2) is 5.16 Å². The van der Waals surface area contributed by atoms with E-state index in [0.29, 0.717) is 6.54 Å². The van der Waals surface area contributed by atoms with Crippen LogP contribution in [0.1, 0.15) is 19.8 Å². The predicted octanol–water partition coefficient (Wildman–Crippen LogP) is -0.555. The number of aliphatic hydroxyl groups is 1. The van der Waals surface area contributed by atoms with Gasteiger partial charge in [-0.25, -0.2) is 4.79 Å². The number of piperidine rings is 1. The molecule has 1 saturated heterocycles. The lowest BCUT2D eigenvalue weighted by atomic mass is 9.95. The number of carbonyl (C=O) groups is 2. The molecule has 18 heavy (non-hydrogen) atoms. The Labute approximate surface area is 104 Å². The molecule has 2 aliphatic rings. The molecule has 0 spiro atoms. The summed E-state index contributed by atoms with van der Waals surface area (Å²) in [5, 5.41) is 21.8. The van der Waals surface area contributed by atoms with Gasteiger partial charge in [-0.15, -0.1) is 0 Å². The molecule has 3 unspecified atom stereocenters. The van der Waals surface area contributed by atoms with E-state index in [9.17, 15) is 14.7 Å². The van der Waals surface area contributed by atoms with Gasteiger partial charge in [-0.3, -0.25) is 4.79 Å². The maximum absolute atomic E-state index is 12.0. The van der Waals surface area contributed by atoms with Gasteiger partial charge < -0.3 is 20.0 Å². The van der Waals surface area contributed by atoms with Gasteiger partial charge in [0.1, 0.15) is 0 Å². The minimum absolute atomic E-state index is 0.0175. The molecule has 0 radical (unpaired) electrons. The van der Waals surface area contributed by atoms with Gasteiger partial charge in [0, 0.05) is 19.5 Å². The molecule has 100 valence electrons. The zero-order valence-electron chi connectivity index (χ0n) is 10.1. The minimum Gasteiger partial charge on any atom is -0.477 e. The summed E-state index contributed by atoms with van der Waals surface area (Å²) in [6.45, 7) is 2.76. The number of β-amino-alcohol motifs (C(OH)–C–C–N with tert-alkyl or cyclic N) is 1. The highest BCUT2D eigenvalue weighted by Gasteiger charge is 2.37. The van der Waals surface area contributed by atoms with Crippen molar-refractivity contribution in [1.82, 2.24) is 4.90 Å². The van der Waals surface area contributed by atoms with Gasteiger partial charge in [-0.1, -0.05) is 12.1 Å². The maximum Gasteiger partial charge on any atom is 0.353 e. The number of hydrogen-bond acceptors (Lipinski definition) is 5. The molecule has 0 saturated carbocycles. The zero-order valence-corrected chi connectivity index (χ0v) is 10.1. The number of oxime groups is 1. The van der Waals surface area contributed by atoms with Crippen molar-refractivity contribution in [3.63, 3.8) is 0 Å². The molecule has 2 rings (SSSR count). The molecule has 0 bridgehead atoms. The highest BCUT2D eigenvalue weighted by molar-refractivity contribution is 6.36. The first-order valence-electron chi connectivity index (χ1n) is 5.92. The quantitative estimate of drug-likeness (QED) is 0.690. The lowest BCUT2D eigenvalue weighted by molar-refractivity contribution is -0.146. The van der Waals surface area contributed by atoms with Crippen LogP contribution >= 0.6 is 0 Å². The van der Waals surface area contributed by atoms with Crippen LogP contribution in [-0.4, -0.2) is 58.0 Å². The molecule has 0 aromatic carbocycles. The summed E-state index contributed by atoms with van der Waals surface area (Å²) in [5.74, 6) is -1.30. The van der Waals surface area contributed by atoms with Crippen molar-refractivity contribution in [3.05, 3.63) is 0 Å². The van der Waals surface area contributed by atoms with Gasteiger partial charge in [0.2, 0.25) is 6.10 Å². The Morgan fingerprint density at radius 1 is 1.50 bits per heavy atom. The molecule has 2 aliphatic heterocycles. The number of rotatable bonds is 2. The highest BCUT2D eigenvalue weighted by atomic mass is 16.6. The van der Waals surface area contributed by atoms with Crippen LogP contribution < -0.4 is 0 Å². The third kappa shape index (κ3) is 2.45. The number of aliphatic carboxylic acids is 1. The van der Waals surface area contributed by atoms with Crippen LogP contribution in [0.4, 0.5) is 0 Å². The molecule has 7 heteroatoms. The number of likely N-dealkylation sites (tertiary alicyclic amines) is 1. The number of hydrogen-bond donors (Lipinski definition) is 2. The van der Waals surface area contributed by atoms with E-state index in [1.807, 2.05) is 6.92 Å².